The quantitative estimate of drug-likeness (QED) is 0.642. The number of allylic oxidation sites excluding steroid dienone is 1. The Morgan fingerprint density at radius 2 is 1.92 bits per heavy atom. The number of hydrogen-bond donors (Lipinski definition) is 0. The van der Waals surface area contributed by atoms with Crippen LogP contribution < -0.4 is 0 Å². The first kappa shape index (κ1) is 10.6. The third-order valence-electron chi connectivity index (χ3n) is 2.94. The van der Waals surface area contributed by atoms with Crippen molar-refractivity contribution in [3.8, 4) is 0 Å². The molecule has 0 bridgehead atoms. The van der Waals surface area contributed by atoms with E-state index in [9.17, 15) is 0 Å². The van der Waals surface area contributed by atoms with E-state index >= 15 is 0 Å². The van der Waals surface area contributed by atoms with Crippen molar-refractivity contribution in [3.63, 3.8) is 0 Å². The topological polar surface area (TPSA) is 3.24 Å². The molecule has 1 unspecified atom stereocenters. The summed E-state index contributed by atoms with van der Waals surface area (Å²) in [5, 5.41) is 0. The first-order valence-electron chi connectivity index (χ1n) is 5.73. The fourth-order valence-corrected chi connectivity index (χ4v) is 1.68. The smallest absolute Gasteiger partial charge is 0.0172 e. The largest absolute Gasteiger partial charge is 0.378 e. The molecule has 1 saturated heterocycles. The molecular formula is C12H23N. The van der Waals surface area contributed by atoms with E-state index in [1.165, 1.54) is 45.2 Å². The normalized spacial score (nSPS) is 20.9. The van der Waals surface area contributed by atoms with Crippen molar-refractivity contribution in [3.05, 3.63) is 12.3 Å². The first-order valence-corrected chi connectivity index (χ1v) is 5.73. The van der Waals surface area contributed by atoms with Gasteiger partial charge in [-0.05, 0) is 37.8 Å². The fraction of sp³-hybridized carbons (Fsp3) is 0.833. The lowest BCUT2D eigenvalue weighted by molar-refractivity contribution is 0.308. The van der Waals surface area contributed by atoms with Crippen LogP contribution in [0.3, 0.4) is 0 Å². The summed E-state index contributed by atoms with van der Waals surface area (Å²) in [4.78, 5) is 2.46. The van der Waals surface area contributed by atoms with Gasteiger partial charge < -0.3 is 4.90 Å². The fourth-order valence-electron chi connectivity index (χ4n) is 1.68. The Labute approximate surface area is 82.8 Å². The summed E-state index contributed by atoms with van der Waals surface area (Å²) in [6, 6.07) is 0. The Kier molecular flexibility index (Phi) is 4.95. The van der Waals surface area contributed by atoms with Gasteiger partial charge in [0, 0.05) is 13.1 Å². The molecule has 0 N–H and O–H groups in total. The lowest BCUT2D eigenvalue weighted by Gasteiger charge is -2.24. The number of hydrogen-bond acceptors (Lipinski definition) is 1. The minimum absolute atomic E-state index is 0.848. The van der Waals surface area contributed by atoms with Crippen LogP contribution >= 0.6 is 0 Å². The molecular weight excluding hydrogens is 158 g/mol. The second kappa shape index (κ2) is 6.06. The van der Waals surface area contributed by atoms with Crippen molar-refractivity contribution in [2.24, 2.45) is 5.92 Å². The van der Waals surface area contributed by atoms with Gasteiger partial charge in [0.15, 0.2) is 0 Å². The molecule has 1 fully saturated rings. The second-order valence-corrected chi connectivity index (χ2v) is 4.23. The number of piperidine rings is 1. The Morgan fingerprint density at radius 1 is 1.23 bits per heavy atom. The van der Waals surface area contributed by atoms with Crippen LogP contribution in [0, 0.1) is 5.92 Å². The molecule has 0 saturated carbocycles. The molecule has 1 aliphatic heterocycles. The van der Waals surface area contributed by atoms with Gasteiger partial charge in [0.1, 0.15) is 0 Å². The maximum atomic E-state index is 2.46. The zero-order valence-corrected chi connectivity index (χ0v) is 9.13. The molecule has 0 radical (unpaired) electrons. The van der Waals surface area contributed by atoms with Gasteiger partial charge in [-0.2, -0.15) is 0 Å². The average Bonchev–Trinajstić information content (AvgIpc) is 2.19. The van der Waals surface area contributed by atoms with E-state index in [-0.39, 0.29) is 0 Å². The van der Waals surface area contributed by atoms with Crippen LogP contribution in [-0.4, -0.2) is 18.0 Å². The highest BCUT2D eigenvalue weighted by atomic mass is 15.1. The molecule has 13 heavy (non-hydrogen) atoms. The molecule has 1 atom stereocenters. The van der Waals surface area contributed by atoms with Crippen LogP contribution in [-0.2, 0) is 0 Å². The SMILES string of the molecule is CCC(C)CC=CN1CCCCC1. The van der Waals surface area contributed by atoms with Crippen LogP contribution in [0.15, 0.2) is 12.3 Å². The van der Waals surface area contributed by atoms with Crippen LogP contribution in [0.4, 0.5) is 0 Å². The molecule has 0 aliphatic carbocycles. The Morgan fingerprint density at radius 3 is 2.54 bits per heavy atom. The molecule has 0 aromatic rings. The van der Waals surface area contributed by atoms with Crippen molar-refractivity contribution in [2.45, 2.75) is 46.0 Å². The van der Waals surface area contributed by atoms with E-state index < -0.39 is 0 Å². The molecule has 1 aliphatic rings. The van der Waals surface area contributed by atoms with E-state index in [0.29, 0.717) is 0 Å². The predicted molar refractivity (Wildman–Crippen MR) is 58.6 cm³/mol. The van der Waals surface area contributed by atoms with Crippen LogP contribution in [0.5, 0.6) is 0 Å². The van der Waals surface area contributed by atoms with Crippen LogP contribution in [0.2, 0.25) is 0 Å². The standard InChI is InChI=1S/C12H23N/c1-3-12(2)8-7-11-13-9-5-4-6-10-13/h7,11-12H,3-6,8-10H2,1-2H3. The molecule has 0 aromatic carbocycles. The van der Waals surface area contributed by atoms with Crippen molar-refractivity contribution < 1.29 is 0 Å². The Bertz CT molecular complexity index is 145. The predicted octanol–water partition coefficient (Wildman–Crippen LogP) is 3.42. The second-order valence-electron chi connectivity index (χ2n) is 4.23. The molecule has 1 heterocycles. The van der Waals surface area contributed by atoms with Gasteiger partial charge in [0.25, 0.3) is 0 Å². The maximum absolute atomic E-state index is 2.46. The van der Waals surface area contributed by atoms with E-state index in [4.69, 9.17) is 0 Å². The van der Waals surface area contributed by atoms with E-state index in [0.717, 1.165) is 5.92 Å². The highest BCUT2D eigenvalue weighted by Gasteiger charge is 2.04. The zero-order valence-electron chi connectivity index (χ0n) is 9.13. The van der Waals surface area contributed by atoms with Gasteiger partial charge in [-0.15, -0.1) is 0 Å². The molecule has 0 spiro atoms. The van der Waals surface area contributed by atoms with Crippen LogP contribution in [0.1, 0.15) is 46.0 Å². The van der Waals surface area contributed by atoms with Gasteiger partial charge in [-0.25, -0.2) is 0 Å². The highest BCUT2D eigenvalue weighted by Crippen LogP contribution is 2.11. The van der Waals surface area contributed by atoms with Crippen molar-refractivity contribution in [2.75, 3.05) is 13.1 Å². The third-order valence-corrected chi connectivity index (χ3v) is 2.94. The van der Waals surface area contributed by atoms with Crippen molar-refractivity contribution in [1.29, 1.82) is 0 Å². The van der Waals surface area contributed by atoms with Gasteiger partial charge >= 0.3 is 0 Å². The Balaban J connectivity index is 2.14. The maximum Gasteiger partial charge on any atom is 0.0172 e. The summed E-state index contributed by atoms with van der Waals surface area (Å²) in [5.41, 5.74) is 0. The summed E-state index contributed by atoms with van der Waals surface area (Å²) in [7, 11) is 0. The zero-order chi connectivity index (χ0) is 9.52. The Hall–Kier alpha value is -0.460. The van der Waals surface area contributed by atoms with Crippen LogP contribution in [0.25, 0.3) is 0 Å². The summed E-state index contributed by atoms with van der Waals surface area (Å²) in [5.74, 6) is 0.848. The minimum Gasteiger partial charge on any atom is -0.378 e. The van der Waals surface area contributed by atoms with Crippen molar-refractivity contribution >= 4 is 0 Å². The minimum atomic E-state index is 0.848. The molecule has 1 nitrogen and oxygen atoms in total. The highest BCUT2D eigenvalue weighted by molar-refractivity contribution is 4.85. The van der Waals surface area contributed by atoms with E-state index in [1.807, 2.05) is 0 Å². The van der Waals surface area contributed by atoms with Gasteiger partial charge in [0.2, 0.25) is 0 Å². The summed E-state index contributed by atoms with van der Waals surface area (Å²) in [6.45, 7) is 7.13. The summed E-state index contributed by atoms with van der Waals surface area (Å²) >= 11 is 0. The lowest BCUT2D eigenvalue weighted by Crippen LogP contribution is -2.24. The number of likely N-dealkylation sites (tertiary alicyclic amines) is 1. The van der Waals surface area contributed by atoms with Gasteiger partial charge in [-0.1, -0.05) is 26.3 Å². The lowest BCUT2D eigenvalue weighted by atomic mass is 10.1. The van der Waals surface area contributed by atoms with Crippen molar-refractivity contribution in [1.82, 2.24) is 4.90 Å². The number of rotatable bonds is 4. The van der Waals surface area contributed by atoms with Gasteiger partial charge in [0.05, 0.1) is 0 Å². The number of nitrogens with zero attached hydrogens (tertiary/aromatic N) is 1. The third kappa shape index (κ3) is 4.35. The van der Waals surface area contributed by atoms with E-state index in [2.05, 4.69) is 31.0 Å². The monoisotopic (exact) mass is 181 g/mol. The average molecular weight is 181 g/mol. The summed E-state index contributed by atoms with van der Waals surface area (Å²) < 4.78 is 0. The van der Waals surface area contributed by atoms with Gasteiger partial charge in [-0.3, -0.25) is 0 Å². The first-order chi connectivity index (χ1) is 6.33. The molecule has 76 valence electrons. The van der Waals surface area contributed by atoms with E-state index in [1.54, 1.807) is 0 Å². The molecule has 0 amide bonds. The molecule has 1 heteroatoms. The molecule has 1 rings (SSSR count). The summed E-state index contributed by atoms with van der Waals surface area (Å²) in [6.07, 6.45) is 11.4. The molecule has 0 aromatic heterocycles.